The van der Waals surface area contributed by atoms with E-state index in [0.29, 0.717) is 92.8 Å². The van der Waals surface area contributed by atoms with E-state index < -0.39 is 72.7 Å². The molecule has 3 N–H and O–H groups in total. The first-order valence-corrected chi connectivity index (χ1v) is 47.8. The summed E-state index contributed by atoms with van der Waals surface area (Å²) >= 11 is 0. The molecule has 0 unspecified atom stereocenters. The summed E-state index contributed by atoms with van der Waals surface area (Å²) in [6, 6.07) is 31.4. The topological polar surface area (TPSA) is 341 Å². The van der Waals surface area contributed by atoms with E-state index in [1.807, 2.05) is 119 Å². The van der Waals surface area contributed by atoms with Gasteiger partial charge in [-0.15, -0.1) is 0 Å². The first-order chi connectivity index (χ1) is 61.4. The minimum absolute atomic E-state index is 0.0469. The number of sulfone groups is 2. The highest BCUT2D eigenvalue weighted by atomic mass is 32.2. The van der Waals surface area contributed by atoms with Crippen LogP contribution in [0.5, 0.6) is 17.2 Å². The van der Waals surface area contributed by atoms with Crippen molar-refractivity contribution in [2.45, 2.75) is 192 Å². The van der Waals surface area contributed by atoms with Crippen LogP contribution in [0.3, 0.4) is 0 Å². The summed E-state index contributed by atoms with van der Waals surface area (Å²) in [6.45, 7) is 41.0. The number of nitrogens with zero attached hydrogens (tertiary/aromatic N) is 12. The summed E-state index contributed by atoms with van der Waals surface area (Å²) in [5.41, 5.74) is 26.6. The average molecular weight is 1810 g/mol. The predicted octanol–water partition coefficient (Wildman–Crippen LogP) is 17.5. The minimum Gasteiger partial charge on any atom is -0.490 e. The molecule has 9 heterocycles. The molecule has 0 radical (unpaired) electrons. The van der Waals surface area contributed by atoms with Crippen LogP contribution in [-0.2, 0) is 77.4 Å². The second kappa shape index (κ2) is 38.7. The van der Waals surface area contributed by atoms with Gasteiger partial charge in [-0.05, 0) is 206 Å². The number of aryl methyl sites for hydroxylation is 6. The average Bonchev–Trinajstić information content (AvgIpc) is 1.51. The van der Waals surface area contributed by atoms with Gasteiger partial charge in [-0.1, -0.05) is 89.5 Å². The molecule has 15 rings (SSSR count). The third kappa shape index (κ3) is 21.1. The summed E-state index contributed by atoms with van der Waals surface area (Å²) in [5.74, 6) is 1.11. The van der Waals surface area contributed by atoms with Crippen molar-refractivity contribution in [1.82, 2.24) is 43.6 Å². The number of nitrogens with two attached hydrogens (primary N) is 1. The summed E-state index contributed by atoms with van der Waals surface area (Å²) in [6.07, 6.45) is 9.74. The van der Waals surface area contributed by atoms with Crippen molar-refractivity contribution in [2.75, 3.05) is 98.9 Å². The first kappa shape index (κ1) is 95.7. The number of hydrogen-bond donors (Lipinski definition) is 2. The third-order valence-corrected chi connectivity index (χ3v) is 25.1. The fourth-order valence-corrected chi connectivity index (χ4v) is 18.8. The highest BCUT2D eigenvalue weighted by molar-refractivity contribution is 7.90. The number of methoxy groups -OCH3 is 2. The molecule has 0 spiro atoms. The molecule has 12 aromatic rings. The van der Waals surface area contributed by atoms with Crippen molar-refractivity contribution < 1.29 is 74.2 Å². The van der Waals surface area contributed by atoms with Crippen LogP contribution in [0.15, 0.2) is 128 Å². The largest absolute Gasteiger partial charge is 0.490 e. The van der Waals surface area contributed by atoms with Crippen molar-refractivity contribution in [2.24, 2.45) is 5.73 Å². The number of rotatable bonds is 28. The lowest BCUT2D eigenvalue weighted by atomic mass is 9.87. The quantitative estimate of drug-likeness (QED) is 0.0340. The van der Waals surface area contributed by atoms with Gasteiger partial charge in [0.25, 0.3) is 0 Å². The van der Waals surface area contributed by atoms with Crippen LogP contribution in [0, 0.1) is 62.3 Å². The molecule has 690 valence electrons. The number of hydrogen-bond acceptors (Lipinski definition) is 25. The zero-order valence-electron chi connectivity index (χ0n) is 78.6. The number of aliphatic carboxylic acids is 1. The molecule has 0 saturated heterocycles. The molecule has 3 atom stereocenters. The lowest BCUT2D eigenvalue weighted by molar-refractivity contribution is -0.164. The predicted molar refractivity (Wildman–Crippen MR) is 508 cm³/mol. The number of ether oxygens (including phenoxy) is 8. The number of anilines is 6. The SMILES string of the molecule is COC(=O)[C@@H](OC(C)(C)C)c1c(C)c2c3c(cc(C)n3CCN2c2ncc(OCCCS(C)(=O)=O)cn2)c1-c1ccc(C)cc1.COC(=O)[C@@H](OC(C)(C)C)c1c(C)c2c3c(cc(C)n3CCN2c2ncc(OCCN)cn2)c1-c1ccc(C)cc1.Cc1ccc(-c2c([C@H](OC(C)(C)C)C(=O)O)c(C)c3c4c2cc(C)n4CCN3c2ncc(OCCCS(C)(=O)=O)cn2)cc1. The van der Waals surface area contributed by atoms with Gasteiger partial charge in [-0.2, -0.15) is 0 Å². The van der Waals surface area contributed by atoms with Gasteiger partial charge in [0.2, 0.25) is 17.8 Å². The number of carboxylic acid groups (broad SMARTS) is 1. The Hall–Kier alpha value is -11.9. The lowest BCUT2D eigenvalue weighted by Crippen LogP contribution is -2.32. The van der Waals surface area contributed by atoms with Crippen LogP contribution in [0.2, 0.25) is 0 Å². The highest BCUT2D eigenvalue weighted by Crippen LogP contribution is 2.54. The summed E-state index contributed by atoms with van der Waals surface area (Å²) in [7, 11) is -3.32. The molecule has 3 aliphatic rings. The van der Waals surface area contributed by atoms with Gasteiger partial charge in [-0.3, -0.25) is 0 Å². The van der Waals surface area contributed by atoms with Crippen LogP contribution in [0.1, 0.15) is 161 Å². The van der Waals surface area contributed by atoms with Crippen molar-refractivity contribution in [3.05, 3.63) is 195 Å². The van der Waals surface area contributed by atoms with E-state index in [-0.39, 0.29) is 24.7 Å². The van der Waals surface area contributed by atoms with Gasteiger partial charge in [0, 0.05) is 108 Å². The van der Waals surface area contributed by atoms with Crippen molar-refractivity contribution in [3.8, 4) is 50.6 Å². The van der Waals surface area contributed by atoms with E-state index in [1.165, 1.54) is 26.7 Å². The molecule has 0 aliphatic carbocycles. The molecule has 130 heavy (non-hydrogen) atoms. The Morgan fingerprint density at radius 3 is 0.915 bits per heavy atom. The monoisotopic (exact) mass is 1810 g/mol. The van der Waals surface area contributed by atoms with Crippen molar-refractivity contribution in [3.63, 3.8) is 0 Å². The maximum Gasteiger partial charge on any atom is 0.339 e. The smallest absolute Gasteiger partial charge is 0.339 e. The molecule has 0 saturated carbocycles. The molecule has 3 aliphatic heterocycles. The Morgan fingerprint density at radius 2 is 0.669 bits per heavy atom. The number of esters is 2. The number of carboxylic acids is 1. The van der Waals surface area contributed by atoms with E-state index in [2.05, 4.69) is 155 Å². The molecule has 6 aromatic carbocycles. The van der Waals surface area contributed by atoms with Gasteiger partial charge >= 0.3 is 17.9 Å². The first-order valence-electron chi connectivity index (χ1n) is 43.7. The molecule has 0 fully saturated rings. The third-order valence-electron chi connectivity index (χ3n) is 23.0. The Morgan fingerprint density at radius 1 is 0.408 bits per heavy atom. The van der Waals surface area contributed by atoms with E-state index >= 15 is 0 Å². The molecular weight excluding hydrogens is 1690 g/mol. The summed E-state index contributed by atoms with van der Waals surface area (Å²) in [5, 5.41) is 13.6. The van der Waals surface area contributed by atoms with Gasteiger partial charge < -0.3 is 77.1 Å². The fourth-order valence-electron chi connectivity index (χ4n) is 17.5. The summed E-state index contributed by atoms with van der Waals surface area (Å²) in [4.78, 5) is 74.0. The van der Waals surface area contributed by atoms with Crippen LogP contribution in [0.25, 0.3) is 66.1 Å². The maximum absolute atomic E-state index is 13.5. The molecule has 31 heteroatoms. The molecular formula is C99H121N13O16S2. The van der Waals surface area contributed by atoms with Crippen molar-refractivity contribution >= 4 is 105 Å². The number of carbonyl (C=O) groups is 3. The van der Waals surface area contributed by atoms with Crippen LogP contribution in [0.4, 0.5) is 34.9 Å². The Balaban J connectivity index is 0.000000166. The van der Waals surface area contributed by atoms with Crippen molar-refractivity contribution in [1.29, 1.82) is 0 Å². The lowest BCUT2D eigenvalue weighted by Gasteiger charge is -2.35. The highest BCUT2D eigenvalue weighted by Gasteiger charge is 2.42. The fraction of sp³-hybridized carbons (Fsp3) is 0.424. The standard InChI is InChI=1S/C34H42N4O6S.C33H40N4O6S.C32H39N5O4/c1-21-10-12-24(13-11-21)28-26-18-22(2)37-14-15-38(33-35-19-25(20-36-33)43-16-9-17-45(8,40)41)29(30(26)37)23(3)27(28)31(32(39)42-7)44-34(4,5)6;1-20-9-11-23(12-10-20)27-25-17-21(2)36-13-14-37(32-34-18-24(19-35-32)42-15-8-16-44(7,40)41)28(29(25)36)22(3)26(27)30(31(38)39)43-33(4,5)6;1-19-8-10-22(11-9-19)26-24-16-20(2)36-13-14-37(31-34-17-23(18-35-31)40-15-12-33)27(28(24)36)21(3)25(26)29(30(38)39-7)41-32(4,5)6/h10-13,18-20,31H,9,14-17H2,1-8H3;9-12,17-19,30H,8,13-16H2,1-7H3,(H,38,39);8-11,16-18,29H,12-15,33H2,1-7H3/t31-;30-;29-/m000/s1. The number of aromatic nitrogens is 9. The molecule has 29 nitrogen and oxygen atoms in total. The Bertz CT molecular complexity index is 6440. The van der Waals surface area contributed by atoms with Crippen LogP contribution in [-0.4, -0.2) is 184 Å². The molecule has 6 aromatic heterocycles. The van der Waals surface area contributed by atoms with E-state index in [4.69, 9.17) is 43.6 Å². The summed E-state index contributed by atoms with van der Waals surface area (Å²) < 4.78 is 99.5. The number of carbonyl (C=O) groups excluding carboxylic acids is 2. The number of benzene rings is 6. The normalized spacial score (nSPS) is 14.1. The van der Waals surface area contributed by atoms with Crippen LogP contribution >= 0.6 is 0 Å². The van der Waals surface area contributed by atoms with Gasteiger partial charge in [-0.25, -0.2) is 61.1 Å². The second-order valence-corrected chi connectivity index (χ2v) is 41.1. The van der Waals surface area contributed by atoms with Gasteiger partial charge in [0.1, 0.15) is 26.3 Å². The van der Waals surface area contributed by atoms with Gasteiger partial charge in [0.05, 0.1) is 127 Å². The van der Waals surface area contributed by atoms with Crippen LogP contribution < -0.4 is 34.6 Å². The zero-order valence-corrected chi connectivity index (χ0v) is 80.2. The zero-order chi connectivity index (χ0) is 94.1. The minimum atomic E-state index is -3.06. The molecule has 0 bridgehead atoms. The molecule has 0 amide bonds. The second-order valence-electron chi connectivity index (χ2n) is 36.6. The van der Waals surface area contributed by atoms with E-state index in [0.717, 1.165) is 158 Å². The van der Waals surface area contributed by atoms with E-state index in [1.54, 1.807) is 37.2 Å². The Labute approximate surface area is 761 Å². The van der Waals surface area contributed by atoms with Gasteiger partial charge in [0.15, 0.2) is 35.6 Å². The van der Waals surface area contributed by atoms with E-state index in [9.17, 15) is 36.3 Å². The maximum atomic E-state index is 13.5. The Kier molecular flexibility index (Phi) is 28.5.